The third-order valence-electron chi connectivity index (χ3n) is 2.65. The van der Waals surface area contributed by atoms with E-state index >= 15 is 0 Å². The predicted octanol–water partition coefficient (Wildman–Crippen LogP) is 1.20. The van der Waals surface area contributed by atoms with Gasteiger partial charge in [-0.1, -0.05) is 0 Å². The average molecular weight is 179 g/mol. The first-order valence-electron chi connectivity index (χ1n) is 4.94. The molecule has 2 heterocycles. The number of rotatable bonds is 3. The van der Waals surface area contributed by atoms with Crippen molar-refractivity contribution in [3.05, 3.63) is 18.3 Å². The summed E-state index contributed by atoms with van der Waals surface area (Å²) >= 11 is 0. The van der Waals surface area contributed by atoms with Gasteiger partial charge < -0.3 is 15.2 Å². The van der Waals surface area contributed by atoms with Crippen LogP contribution in [0.15, 0.2) is 18.3 Å². The number of hydrogen-bond acceptors (Lipinski definition) is 2. The minimum Gasteiger partial charge on any atom is -0.360 e. The highest BCUT2D eigenvalue weighted by Gasteiger charge is 2.15. The summed E-state index contributed by atoms with van der Waals surface area (Å²) < 4.78 is 0. The van der Waals surface area contributed by atoms with Crippen molar-refractivity contribution >= 4 is 5.82 Å². The van der Waals surface area contributed by atoms with Gasteiger partial charge >= 0.3 is 0 Å². The van der Waals surface area contributed by atoms with Gasteiger partial charge in [0.05, 0.1) is 0 Å². The molecule has 72 valence electrons. The van der Waals surface area contributed by atoms with Crippen LogP contribution in [0.3, 0.4) is 0 Å². The van der Waals surface area contributed by atoms with Crippen molar-refractivity contribution < 1.29 is 0 Å². The lowest BCUT2D eigenvalue weighted by Gasteiger charge is -2.21. The summed E-state index contributed by atoms with van der Waals surface area (Å²) in [7, 11) is 2.13. The first-order valence-corrected chi connectivity index (χ1v) is 4.94. The molecule has 1 aromatic rings. The molecule has 1 unspecified atom stereocenters. The smallest absolute Gasteiger partial charge is 0.105 e. The zero-order valence-corrected chi connectivity index (χ0v) is 8.09. The second kappa shape index (κ2) is 3.83. The van der Waals surface area contributed by atoms with E-state index in [9.17, 15) is 0 Å². The van der Waals surface area contributed by atoms with Crippen LogP contribution in [0.25, 0.3) is 0 Å². The maximum absolute atomic E-state index is 3.49. The van der Waals surface area contributed by atoms with Crippen LogP contribution in [0.5, 0.6) is 0 Å². The Balaban J connectivity index is 1.87. The van der Waals surface area contributed by atoms with Crippen molar-refractivity contribution in [3.8, 4) is 0 Å². The highest BCUT2D eigenvalue weighted by atomic mass is 15.2. The van der Waals surface area contributed by atoms with Gasteiger partial charge in [-0.15, -0.1) is 0 Å². The molecule has 0 aliphatic carbocycles. The maximum Gasteiger partial charge on any atom is 0.105 e. The summed E-state index contributed by atoms with van der Waals surface area (Å²) in [5.41, 5.74) is 0. The van der Waals surface area contributed by atoms with E-state index in [0.29, 0.717) is 6.04 Å². The number of anilines is 1. The second-order valence-corrected chi connectivity index (χ2v) is 3.73. The van der Waals surface area contributed by atoms with Crippen LogP contribution in [0, 0.1) is 0 Å². The van der Waals surface area contributed by atoms with E-state index in [1.807, 2.05) is 12.3 Å². The highest BCUT2D eigenvalue weighted by molar-refractivity contribution is 5.37. The molecule has 3 heteroatoms. The van der Waals surface area contributed by atoms with Crippen LogP contribution in [-0.2, 0) is 0 Å². The van der Waals surface area contributed by atoms with Gasteiger partial charge in [0.2, 0.25) is 0 Å². The van der Waals surface area contributed by atoms with Crippen molar-refractivity contribution in [2.45, 2.75) is 18.9 Å². The van der Waals surface area contributed by atoms with E-state index in [1.54, 1.807) is 0 Å². The van der Waals surface area contributed by atoms with Crippen molar-refractivity contribution in [1.29, 1.82) is 0 Å². The fourth-order valence-corrected chi connectivity index (χ4v) is 1.90. The summed E-state index contributed by atoms with van der Waals surface area (Å²) in [4.78, 5) is 5.48. The molecule has 13 heavy (non-hydrogen) atoms. The van der Waals surface area contributed by atoms with Gasteiger partial charge in [0.25, 0.3) is 0 Å². The maximum atomic E-state index is 3.49. The molecular formula is C10H17N3. The molecule has 3 nitrogen and oxygen atoms in total. The standard InChI is InChI=1S/C10H17N3/c1-13(10-5-3-7-12-10)8-9-4-2-6-11-9/h3,5,7,9,11-12H,2,4,6,8H2,1H3. The zero-order valence-electron chi connectivity index (χ0n) is 8.09. The number of nitrogens with zero attached hydrogens (tertiary/aromatic N) is 1. The molecule has 2 N–H and O–H groups in total. The van der Waals surface area contributed by atoms with E-state index in [-0.39, 0.29) is 0 Å². The number of nitrogens with one attached hydrogen (secondary N) is 2. The largest absolute Gasteiger partial charge is 0.360 e. The molecule has 0 amide bonds. The quantitative estimate of drug-likeness (QED) is 0.730. The van der Waals surface area contributed by atoms with E-state index in [2.05, 4.69) is 28.3 Å². The van der Waals surface area contributed by atoms with Gasteiger partial charge in [-0.05, 0) is 31.5 Å². The second-order valence-electron chi connectivity index (χ2n) is 3.73. The third kappa shape index (κ3) is 2.04. The van der Waals surface area contributed by atoms with Crippen LogP contribution in [0.4, 0.5) is 5.82 Å². The number of aromatic nitrogens is 1. The molecule has 2 rings (SSSR count). The van der Waals surface area contributed by atoms with Gasteiger partial charge in [0.1, 0.15) is 5.82 Å². The molecule has 1 saturated heterocycles. The molecule has 1 aromatic heterocycles. The van der Waals surface area contributed by atoms with E-state index < -0.39 is 0 Å². The molecule has 1 aliphatic rings. The summed E-state index contributed by atoms with van der Waals surface area (Å²) in [6, 6.07) is 4.82. The lowest BCUT2D eigenvalue weighted by molar-refractivity contribution is 0.598. The monoisotopic (exact) mass is 179 g/mol. The summed E-state index contributed by atoms with van der Waals surface area (Å²) in [5, 5.41) is 3.49. The molecule has 0 spiro atoms. The lowest BCUT2D eigenvalue weighted by Crippen LogP contribution is -2.35. The minimum absolute atomic E-state index is 0.674. The van der Waals surface area contributed by atoms with Gasteiger partial charge in [-0.3, -0.25) is 0 Å². The summed E-state index contributed by atoms with van der Waals surface area (Å²) in [6.45, 7) is 2.28. The first kappa shape index (κ1) is 8.63. The van der Waals surface area contributed by atoms with Gasteiger partial charge in [0, 0.05) is 25.8 Å². The van der Waals surface area contributed by atoms with Crippen molar-refractivity contribution in [3.63, 3.8) is 0 Å². The van der Waals surface area contributed by atoms with Gasteiger partial charge in [-0.25, -0.2) is 0 Å². The van der Waals surface area contributed by atoms with Gasteiger partial charge in [-0.2, -0.15) is 0 Å². The number of likely N-dealkylation sites (N-methyl/N-ethyl adjacent to an activating group) is 1. The van der Waals surface area contributed by atoms with Crippen LogP contribution in [0.2, 0.25) is 0 Å². The van der Waals surface area contributed by atoms with Crippen LogP contribution in [0.1, 0.15) is 12.8 Å². The fraction of sp³-hybridized carbons (Fsp3) is 0.600. The van der Waals surface area contributed by atoms with Crippen molar-refractivity contribution in [2.75, 3.05) is 25.0 Å². The Morgan fingerprint density at radius 2 is 2.54 bits per heavy atom. The van der Waals surface area contributed by atoms with Gasteiger partial charge in [0.15, 0.2) is 0 Å². The normalized spacial score (nSPS) is 22.1. The summed E-state index contributed by atoms with van der Waals surface area (Å²) in [5.74, 6) is 1.20. The Morgan fingerprint density at radius 3 is 3.15 bits per heavy atom. The van der Waals surface area contributed by atoms with Crippen LogP contribution < -0.4 is 10.2 Å². The number of aromatic amines is 1. The topological polar surface area (TPSA) is 31.1 Å². The van der Waals surface area contributed by atoms with Crippen LogP contribution >= 0.6 is 0 Å². The number of H-pyrrole nitrogens is 1. The molecule has 1 fully saturated rings. The SMILES string of the molecule is CN(CC1CCCN1)c1ccc[nH]1. The van der Waals surface area contributed by atoms with Crippen LogP contribution in [-0.4, -0.2) is 31.2 Å². The Labute approximate surface area is 79.1 Å². The first-order chi connectivity index (χ1) is 6.36. The third-order valence-corrected chi connectivity index (χ3v) is 2.65. The molecule has 0 radical (unpaired) electrons. The van der Waals surface area contributed by atoms with E-state index in [1.165, 1.54) is 25.2 Å². The molecule has 0 saturated carbocycles. The van der Waals surface area contributed by atoms with Crippen molar-refractivity contribution in [1.82, 2.24) is 10.3 Å². The molecule has 1 aliphatic heterocycles. The lowest BCUT2D eigenvalue weighted by atomic mass is 10.2. The summed E-state index contributed by atoms with van der Waals surface area (Å²) in [6.07, 6.45) is 4.60. The molecule has 1 atom stereocenters. The molecular weight excluding hydrogens is 162 g/mol. The minimum atomic E-state index is 0.674. The van der Waals surface area contributed by atoms with Crippen molar-refractivity contribution in [2.24, 2.45) is 0 Å². The Kier molecular flexibility index (Phi) is 2.54. The number of hydrogen-bond donors (Lipinski definition) is 2. The Bertz CT molecular complexity index is 237. The predicted molar refractivity (Wildman–Crippen MR) is 55.1 cm³/mol. The fourth-order valence-electron chi connectivity index (χ4n) is 1.90. The van der Waals surface area contributed by atoms with E-state index in [0.717, 1.165) is 6.54 Å². The average Bonchev–Trinajstić information content (AvgIpc) is 2.74. The highest BCUT2D eigenvalue weighted by Crippen LogP contribution is 2.11. The molecule has 0 aromatic carbocycles. The zero-order chi connectivity index (χ0) is 9.10. The Morgan fingerprint density at radius 1 is 1.62 bits per heavy atom. The Hall–Kier alpha value is -0.960. The van der Waals surface area contributed by atoms with E-state index in [4.69, 9.17) is 0 Å². The molecule has 0 bridgehead atoms.